The fourth-order valence-electron chi connectivity index (χ4n) is 1.30. The van der Waals surface area contributed by atoms with Gasteiger partial charge in [0.1, 0.15) is 0 Å². The van der Waals surface area contributed by atoms with E-state index in [9.17, 15) is 0 Å². The first-order valence-electron chi connectivity index (χ1n) is 3.22. The van der Waals surface area contributed by atoms with Gasteiger partial charge in [0.2, 0.25) is 0 Å². The molecule has 0 spiro atoms. The summed E-state index contributed by atoms with van der Waals surface area (Å²) in [6.07, 6.45) is 6.12. The molecule has 1 saturated carbocycles. The van der Waals surface area contributed by atoms with Gasteiger partial charge >= 0.3 is 54.9 Å². The van der Waals surface area contributed by atoms with Gasteiger partial charge in [0.25, 0.3) is 0 Å². The molecule has 0 heterocycles. The summed E-state index contributed by atoms with van der Waals surface area (Å²) >= 11 is 1.52. The number of rotatable bonds is 1. The van der Waals surface area contributed by atoms with Gasteiger partial charge in [-0.3, -0.25) is 0 Å². The molecular formula is C6H11ClZn. The van der Waals surface area contributed by atoms with Crippen LogP contribution in [-0.4, -0.2) is 0 Å². The molecule has 0 nitrogen and oxygen atoms in total. The van der Waals surface area contributed by atoms with Crippen LogP contribution >= 0.6 is 0 Å². The summed E-state index contributed by atoms with van der Waals surface area (Å²) in [5.41, 5.74) is 0. The minimum absolute atomic E-state index is 0. The maximum atomic E-state index is 1.54. The Labute approximate surface area is 67.5 Å². The van der Waals surface area contributed by atoms with Gasteiger partial charge in [0.15, 0.2) is 0 Å². The third-order valence-electron chi connectivity index (χ3n) is 1.88. The van der Waals surface area contributed by atoms with Crippen molar-refractivity contribution in [1.29, 1.82) is 0 Å². The second-order valence-electron chi connectivity index (χ2n) is 2.44. The molecule has 0 amide bonds. The van der Waals surface area contributed by atoms with Crippen LogP contribution in [0.2, 0.25) is 5.02 Å². The zero-order chi connectivity index (χ0) is 5.11. The van der Waals surface area contributed by atoms with Crippen LogP contribution in [0.1, 0.15) is 25.7 Å². The number of hydrogen-bond donors (Lipinski definition) is 0. The molecule has 0 saturated heterocycles. The van der Waals surface area contributed by atoms with Crippen molar-refractivity contribution < 1.29 is 30.7 Å². The molecule has 2 heteroatoms. The third kappa shape index (κ3) is 2.46. The Morgan fingerprint density at radius 2 is 1.75 bits per heavy atom. The molecule has 1 rings (SSSR count). The first-order chi connectivity index (χ1) is 3.43. The molecule has 0 N–H and O–H groups in total. The summed E-state index contributed by atoms with van der Waals surface area (Å²) in [4.78, 5) is 0. The van der Waals surface area contributed by atoms with Crippen LogP contribution in [0.3, 0.4) is 0 Å². The van der Waals surface area contributed by atoms with Gasteiger partial charge in [-0.15, -0.1) is 0 Å². The second kappa shape index (κ2) is 4.76. The van der Waals surface area contributed by atoms with E-state index in [2.05, 4.69) is 0 Å². The Hall–Kier alpha value is 0.913. The Bertz CT molecular complexity index is 50.5. The van der Waals surface area contributed by atoms with Gasteiger partial charge in [-0.25, -0.2) is 0 Å². The molecule has 1 aliphatic rings. The molecule has 0 bridgehead atoms. The van der Waals surface area contributed by atoms with Gasteiger partial charge in [-0.05, 0) is 0 Å². The van der Waals surface area contributed by atoms with Crippen molar-refractivity contribution in [3.05, 3.63) is 0 Å². The van der Waals surface area contributed by atoms with Crippen molar-refractivity contribution in [2.75, 3.05) is 0 Å². The van der Waals surface area contributed by atoms with Gasteiger partial charge < -0.3 is 12.4 Å². The Morgan fingerprint density at radius 1 is 1.25 bits per heavy atom. The summed E-state index contributed by atoms with van der Waals surface area (Å²) in [5.74, 6) is 1.15. The van der Waals surface area contributed by atoms with E-state index in [0.717, 1.165) is 5.92 Å². The van der Waals surface area contributed by atoms with E-state index in [0.29, 0.717) is 0 Å². The average Bonchev–Trinajstić information content (AvgIpc) is 2.14. The predicted octanol–water partition coefficient (Wildman–Crippen LogP) is -0.854. The molecule has 8 heavy (non-hydrogen) atoms. The summed E-state index contributed by atoms with van der Waals surface area (Å²) in [6, 6.07) is 0. The zero-order valence-corrected chi connectivity index (χ0v) is 8.92. The molecule has 0 aromatic heterocycles. The van der Waals surface area contributed by atoms with Gasteiger partial charge in [-0.2, -0.15) is 0 Å². The summed E-state index contributed by atoms with van der Waals surface area (Å²) in [7, 11) is 0. The average molecular weight is 184 g/mol. The maximum absolute atomic E-state index is 1.54. The van der Waals surface area contributed by atoms with Crippen molar-refractivity contribution in [2.24, 2.45) is 5.92 Å². The molecule has 1 aliphatic carbocycles. The van der Waals surface area contributed by atoms with Crippen LogP contribution in [0.5, 0.6) is 0 Å². The summed E-state index contributed by atoms with van der Waals surface area (Å²) in [5, 5.41) is 1.54. The van der Waals surface area contributed by atoms with E-state index in [4.69, 9.17) is 0 Å². The predicted molar refractivity (Wildman–Crippen MR) is 26.8 cm³/mol. The molecule has 1 fully saturated rings. The van der Waals surface area contributed by atoms with Gasteiger partial charge in [0, 0.05) is 0 Å². The van der Waals surface area contributed by atoms with Crippen LogP contribution in [0.4, 0.5) is 0 Å². The molecule has 44 valence electrons. The fourth-order valence-corrected chi connectivity index (χ4v) is 2.51. The normalized spacial score (nSPS) is 20.8. The standard InChI is InChI=1S/C6H11.ClH.Zn/c1-6-4-2-3-5-6;;/h6H,1-5H2;1H;/q;;+1/p-1. The van der Waals surface area contributed by atoms with E-state index in [1.807, 2.05) is 0 Å². The van der Waals surface area contributed by atoms with Crippen molar-refractivity contribution in [1.82, 2.24) is 0 Å². The van der Waals surface area contributed by atoms with Crippen molar-refractivity contribution >= 4 is 0 Å². The number of hydrogen-bond acceptors (Lipinski definition) is 0. The quantitative estimate of drug-likeness (QED) is 0.465. The van der Waals surface area contributed by atoms with Gasteiger partial charge in [0.05, 0.1) is 0 Å². The molecule has 0 unspecified atom stereocenters. The van der Waals surface area contributed by atoms with E-state index in [1.54, 1.807) is 17.9 Å². The number of halogens is 1. The van der Waals surface area contributed by atoms with Crippen molar-refractivity contribution in [2.45, 2.75) is 30.7 Å². The molecule has 0 atom stereocenters. The monoisotopic (exact) mass is 182 g/mol. The van der Waals surface area contributed by atoms with E-state index in [1.165, 1.54) is 31.1 Å². The van der Waals surface area contributed by atoms with Crippen molar-refractivity contribution in [3.8, 4) is 0 Å². The first-order valence-corrected chi connectivity index (χ1v) is 5.32. The van der Waals surface area contributed by atoms with E-state index < -0.39 is 0 Å². The van der Waals surface area contributed by atoms with Gasteiger partial charge in [-0.1, -0.05) is 0 Å². The summed E-state index contributed by atoms with van der Waals surface area (Å²) < 4.78 is 0. The topological polar surface area (TPSA) is 0 Å². The molecular weight excluding hydrogens is 173 g/mol. The van der Waals surface area contributed by atoms with E-state index >= 15 is 0 Å². The van der Waals surface area contributed by atoms with Crippen LogP contribution in [-0.2, 0) is 18.3 Å². The second-order valence-corrected chi connectivity index (χ2v) is 3.65. The van der Waals surface area contributed by atoms with Crippen LogP contribution < -0.4 is 12.4 Å². The zero-order valence-electron chi connectivity index (χ0n) is 5.20. The molecule has 0 aromatic carbocycles. The molecule has 0 aliphatic heterocycles. The summed E-state index contributed by atoms with van der Waals surface area (Å²) in [6.45, 7) is 0. The van der Waals surface area contributed by atoms with Crippen LogP contribution in [0.25, 0.3) is 0 Å². The fraction of sp³-hybridized carbons (Fsp3) is 1.00. The SMILES string of the molecule is [Cl-].[Zn+][CH2]C1CCCC1. The van der Waals surface area contributed by atoms with Crippen molar-refractivity contribution in [3.63, 3.8) is 0 Å². The Kier molecular flexibility index (Phi) is 5.30. The Balaban J connectivity index is 0.000000490. The van der Waals surface area contributed by atoms with Crippen LogP contribution in [0.15, 0.2) is 0 Å². The van der Waals surface area contributed by atoms with Crippen LogP contribution in [0, 0.1) is 5.92 Å². The van der Waals surface area contributed by atoms with E-state index in [-0.39, 0.29) is 12.4 Å². The molecule has 0 radical (unpaired) electrons. The third-order valence-corrected chi connectivity index (χ3v) is 3.60. The Morgan fingerprint density at radius 3 is 2.00 bits per heavy atom. The first kappa shape index (κ1) is 8.91. The minimum atomic E-state index is 0. The molecule has 0 aromatic rings.